The Hall–Kier alpha value is -0.930. The minimum absolute atomic E-state index is 0.156. The van der Waals surface area contributed by atoms with Crippen LogP contribution in [0.15, 0.2) is 18.2 Å². The summed E-state index contributed by atoms with van der Waals surface area (Å²) < 4.78 is 0. The molecular weight excluding hydrogens is 248 g/mol. The molecule has 0 unspecified atom stereocenters. The Morgan fingerprint density at radius 1 is 1.40 bits per heavy atom. The first-order valence-electron chi connectivity index (χ1n) is 7.95. The smallest absolute Gasteiger partial charge is 0.0547 e. The van der Waals surface area contributed by atoms with E-state index in [2.05, 4.69) is 22.0 Å². The molecule has 1 saturated heterocycles. The summed E-state index contributed by atoms with van der Waals surface area (Å²) in [6.07, 6.45) is 6.38. The van der Waals surface area contributed by atoms with Crippen LogP contribution >= 0.6 is 0 Å². The minimum atomic E-state index is 0.156. The van der Waals surface area contributed by atoms with Gasteiger partial charge in [-0.15, -0.1) is 0 Å². The van der Waals surface area contributed by atoms with E-state index >= 15 is 0 Å². The number of aromatic nitrogens is 1. The molecule has 20 heavy (non-hydrogen) atoms. The average molecular weight is 274 g/mol. The Balaban J connectivity index is 1.64. The highest BCUT2D eigenvalue weighted by Crippen LogP contribution is 2.44. The maximum Gasteiger partial charge on any atom is 0.0547 e. The van der Waals surface area contributed by atoms with Crippen molar-refractivity contribution in [3.8, 4) is 0 Å². The number of aryl methyl sites for hydroxylation is 1. The normalized spacial score (nSPS) is 27.7. The van der Waals surface area contributed by atoms with Crippen LogP contribution in [-0.4, -0.2) is 34.7 Å². The molecule has 1 N–H and O–H groups in total. The molecule has 1 aliphatic heterocycles. The van der Waals surface area contributed by atoms with Gasteiger partial charge in [0.05, 0.1) is 5.69 Å². The van der Waals surface area contributed by atoms with E-state index in [9.17, 15) is 5.11 Å². The zero-order valence-corrected chi connectivity index (χ0v) is 12.5. The molecule has 3 heteroatoms. The lowest BCUT2D eigenvalue weighted by Gasteiger charge is -2.42. The molecule has 1 saturated carbocycles. The monoisotopic (exact) mass is 274 g/mol. The van der Waals surface area contributed by atoms with Crippen LogP contribution in [0.3, 0.4) is 0 Å². The van der Waals surface area contributed by atoms with E-state index in [1.54, 1.807) is 0 Å². The fraction of sp³-hybridized carbons (Fsp3) is 0.706. The van der Waals surface area contributed by atoms with Crippen molar-refractivity contribution in [3.63, 3.8) is 0 Å². The number of hydrogen-bond donors (Lipinski definition) is 1. The summed E-state index contributed by atoms with van der Waals surface area (Å²) in [5, 5.41) is 9.90. The van der Waals surface area contributed by atoms with Crippen molar-refractivity contribution in [2.24, 2.45) is 11.3 Å². The van der Waals surface area contributed by atoms with Gasteiger partial charge < -0.3 is 5.11 Å². The summed E-state index contributed by atoms with van der Waals surface area (Å²) >= 11 is 0. The largest absolute Gasteiger partial charge is 0.396 e. The van der Waals surface area contributed by atoms with Gasteiger partial charge in [-0.25, -0.2) is 0 Å². The van der Waals surface area contributed by atoms with Crippen molar-refractivity contribution in [2.75, 3.05) is 19.7 Å². The van der Waals surface area contributed by atoms with Gasteiger partial charge in [-0.1, -0.05) is 18.9 Å². The van der Waals surface area contributed by atoms with Crippen LogP contribution in [0.25, 0.3) is 0 Å². The zero-order valence-electron chi connectivity index (χ0n) is 12.5. The Morgan fingerprint density at radius 2 is 2.25 bits per heavy atom. The second-order valence-corrected chi connectivity index (χ2v) is 6.89. The van der Waals surface area contributed by atoms with Crippen LogP contribution in [-0.2, 0) is 6.54 Å². The number of piperidine rings is 1. The topological polar surface area (TPSA) is 36.4 Å². The highest BCUT2D eigenvalue weighted by molar-refractivity contribution is 5.10. The van der Waals surface area contributed by atoms with Crippen molar-refractivity contribution in [1.82, 2.24) is 9.88 Å². The molecule has 0 aromatic carbocycles. The second-order valence-electron chi connectivity index (χ2n) is 6.89. The SMILES string of the molecule is Cc1cccc(CN2CCC[C@](CO)(CC3CC3)C2)n1. The molecule has 1 atom stereocenters. The number of likely N-dealkylation sites (tertiary alicyclic amines) is 1. The molecule has 2 fully saturated rings. The Bertz CT molecular complexity index is 458. The fourth-order valence-electron chi connectivity index (χ4n) is 3.66. The number of aliphatic hydroxyl groups is 1. The first-order chi connectivity index (χ1) is 9.69. The third-order valence-corrected chi connectivity index (χ3v) is 4.83. The highest BCUT2D eigenvalue weighted by Gasteiger charge is 2.39. The first kappa shape index (κ1) is 14.0. The minimum Gasteiger partial charge on any atom is -0.396 e. The van der Waals surface area contributed by atoms with Gasteiger partial charge in [-0.3, -0.25) is 9.88 Å². The van der Waals surface area contributed by atoms with E-state index in [1.165, 1.54) is 32.1 Å². The van der Waals surface area contributed by atoms with Gasteiger partial charge >= 0.3 is 0 Å². The van der Waals surface area contributed by atoms with Crippen molar-refractivity contribution in [3.05, 3.63) is 29.6 Å². The fourth-order valence-corrected chi connectivity index (χ4v) is 3.66. The van der Waals surface area contributed by atoms with Crippen molar-refractivity contribution < 1.29 is 5.11 Å². The van der Waals surface area contributed by atoms with Crippen molar-refractivity contribution >= 4 is 0 Å². The van der Waals surface area contributed by atoms with Gasteiger partial charge in [0.25, 0.3) is 0 Å². The predicted octanol–water partition coefficient (Wildman–Crippen LogP) is 2.76. The molecule has 0 amide bonds. The molecule has 0 radical (unpaired) electrons. The summed E-state index contributed by atoms with van der Waals surface area (Å²) in [7, 11) is 0. The third-order valence-electron chi connectivity index (χ3n) is 4.83. The molecule has 0 bridgehead atoms. The van der Waals surface area contributed by atoms with Gasteiger partial charge in [0.15, 0.2) is 0 Å². The van der Waals surface area contributed by atoms with Gasteiger partial charge in [-0.05, 0) is 50.8 Å². The average Bonchev–Trinajstić information content (AvgIpc) is 3.23. The lowest BCUT2D eigenvalue weighted by atomic mass is 9.76. The zero-order chi connectivity index (χ0) is 14.0. The molecule has 3 nitrogen and oxygen atoms in total. The maximum absolute atomic E-state index is 9.90. The molecule has 1 aromatic rings. The number of nitrogens with zero attached hydrogens (tertiary/aromatic N) is 2. The maximum atomic E-state index is 9.90. The summed E-state index contributed by atoms with van der Waals surface area (Å²) in [5.74, 6) is 0.888. The lowest BCUT2D eigenvalue weighted by Crippen LogP contribution is -2.45. The molecule has 2 heterocycles. The number of rotatable bonds is 5. The molecule has 1 aromatic heterocycles. The summed E-state index contributed by atoms with van der Waals surface area (Å²) in [4.78, 5) is 7.10. The van der Waals surface area contributed by atoms with E-state index in [0.29, 0.717) is 6.61 Å². The van der Waals surface area contributed by atoms with E-state index in [-0.39, 0.29) is 5.41 Å². The third kappa shape index (κ3) is 3.39. The molecule has 110 valence electrons. The van der Waals surface area contributed by atoms with Crippen LogP contribution in [0.1, 0.15) is 43.5 Å². The molecule has 3 rings (SSSR count). The van der Waals surface area contributed by atoms with E-state index < -0.39 is 0 Å². The van der Waals surface area contributed by atoms with Crippen molar-refractivity contribution in [1.29, 1.82) is 0 Å². The molecule has 1 aliphatic carbocycles. The van der Waals surface area contributed by atoms with Crippen molar-refractivity contribution in [2.45, 2.75) is 45.6 Å². The van der Waals surface area contributed by atoms with Gasteiger partial charge in [0.2, 0.25) is 0 Å². The standard InChI is InChI=1S/C17H26N2O/c1-14-4-2-5-16(18-14)11-19-9-3-8-17(12-19,13-20)10-15-6-7-15/h2,4-5,15,20H,3,6-13H2,1H3/t17-/m0/s1. The predicted molar refractivity (Wildman–Crippen MR) is 80.3 cm³/mol. The van der Waals surface area contributed by atoms with Gasteiger partial charge in [-0.2, -0.15) is 0 Å². The summed E-state index contributed by atoms with van der Waals surface area (Å²) in [5.41, 5.74) is 2.40. The number of hydrogen-bond acceptors (Lipinski definition) is 3. The highest BCUT2D eigenvalue weighted by atomic mass is 16.3. The van der Waals surface area contributed by atoms with Crippen LogP contribution in [0.4, 0.5) is 0 Å². The number of aliphatic hydroxyl groups excluding tert-OH is 1. The second kappa shape index (κ2) is 5.82. The van der Waals surface area contributed by atoms with Gasteiger partial charge in [0.1, 0.15) is 0 Å². The first-order valence-corrected chi connectivity index (χ1v) is 7.95. The van der Waals surface area contributed by atoms with Crippen LogP contribution < -0.4 is 0 Å². The summed E-state index contributed by atoms with van der Waals surface area (Å²) in [6, 6.07) is 6.25. The Labute approximate surface area is 122 Å². The quantitative estimate of drug-likeness (QED) is 0.897. The van der Waals surface area contributed by atoms with E-state index in [0.717, 1.165) is 36.9 Å². The van der Waals surface area contributed by atoms with Gasteiger partial charge in [0, 0.05) is 30.8 Å². The van der Waals surface area contributed by atoms with Crippen LogP contribution in [0.2, 0.25) is 0 Å². The summed E-state index contributed by atoms with van der Waals surface area (Å²) in [6.45, 7) is 5.50. The lowest BCUT2D eigenvalue weighted by molar-refractivity contribution is 0.0175. The molecular formula is C17H26N2O. The Morgan fingerprint density at radius 3 is 2.95 bits per heavy atom. The van der Waals surface area contributed by atoms with E-state index in [4.69, 9.17) is 0 Å². The Kier molecular flexibility index (Phi) is 4.08. The molecule has 0 spiro atoms. The van der Waals surface area contributed by atoms with Crippen LogP contribution in [0, 0.1) is 18.3 Å². The molecule has 2 aliphatic rings. The number of pyridine rings is 1. The van der Waals surface area contributed by atoms with Crippen LogP contribution in [0.5, 0.6) is 0 Å². The van der Waals surface area contributed by atoms with E-state index in [1.807, 2.05) is 13.0 Å².